The average molecular weight is 249 g/mol. The summed E-state index contributed by atoms with van der Waals surface area (Å²) in [4.78, 5) is 7.98. The van der Waals surface area contributed by atoms with Crippen LogP contribution in [0.2, 0.25) is 0 Å². The van der Waals surface area contributed by atoms with Gasteiger partial charge in [0, 0.05) is 31.9 Å². The van der Waals surface area contributed by atoms with Gasteiger partial charge in [-0.15, -0.1) is 0 Å². The quantitative estimate of drug-likeness (QED) is 0.907. The Bertz CT molecular complexity index is 536. The van der Waals surface area contributed by atoms with E-state index in [1.54, 1.807) is 43.7 Å². The molecule has 94 valence electrons. The van der Waals surface area contributed by atoms with Crippen molar-refractivity contribution < 1.29 is 8.78 Å². The van der Waals surface area contributed by atoms with Crippen LogP contribution in [-0.2, 0) is 5.92 Å². The number of aromatic nitrogens is 2. The van der Waals surface area contributed by atoms with E-state index in [0.29, 0.717) is 16.9 Å². The Kier molecular flexibility index (Phi) is 3.23. The summed E-state index contributed by atoms with van der Waals surface area (Å²) in [7, 11) is 1.59. The fraction of sp³-hybridized carbons (Fsp3) is 0.231. The Hall–Kier alpha value is -2.04. The van der Waals surface area contributed by atoms with Crippen molar-refractivity contribution >= 4 is 5.69 Å². The number of hydrogen-bond acceptors (Lipinski definition) is 3. The predicted octanol–water partition coefficient (Wildman–Crippen LogP) is 3.30. The fourth-order valence-electron chi connectivity index (χ4n) is 1.67. The zero-order valence-electron chi connectivity index (χ0n) is 10.1. The highest BCUT2D eigenvalue weighted by atomic mass is 19.3. The highest BCUT2D eigenvalue weighted by Crippen LogP contribution is 2.33. The summed E-state index contributed by atoms with van der Waals surface area (Å²) in [5.41, 5.74) is 1.27. The third kappa shape index (κ3) is 2.45. The maximum atomic E-state index is 13.5. The van der Waals surface area contributed by atoms with Gasteiger partial charge in [-0.2, -0.15) is 8.78 Å². The lowest BCUT2D eigenvalue weighted by Crippen LogP contribution is -2.13. The predicted molar refractivity (Wildman–Crippen MR) is 66.6 cm³/mol. The number of nitrogens with one attached hydrogen (secondary N) is 1. The third-order valence-electron chi connectivity index (χ3n) is 2.54. The van der Waals surface area contributed by atoms with Gasteiger partial charge in [0.25, 0.3) is 5.92 Å². The van der Waals surface area contributed by atoms with Crippen molar-refractivity contribution in [2.45, 2.75) is 12.8 Å². The van der Waals surface area contributed by atoms with Crippen molar-refractivity contribution in [3.8, 4) is 11.3 Å². The van der Waals surface area contributed by atoms with Crippen LogP contribution in [0, 0.1) is 0 Å². The van der Waals surface area contributed by atoms with Gasteiger partial charge in [-0.25, -0.2) is 4.98 Å². The van der Waals surface area contributed by atoms with Gasteiger partial charge >= 0.3 is 0 Å². The van der Waals surface area contributed by atoms with Crippen molar-refractivity contribution in [3.05, 3.63) is 42.4 Å². The number of anilines is 1. The van der Waals surface area contributed by atoms with Gasteiger partial charge in [0.1, 0.15) is 5.69 Å². The van der Waals surface area contributed by atoms with Gasteiger partial charge in [-0.3, -0.25) is 4.98 Å². The molecule has 0 aliphatic heterocycles. The van der Waals surface area contributed by atoms with Crippen LogP contribution >= 0.6 is 0 Å². The molecule has 0 radical (unpaired) electrons. The zero-order chi connectivity index (χ0) is 13.2. The third-order valence-corrected chi connectivity index (χ3v) is 2.54. The monoisotopic (exact) mass is 249 g/mol. The van der Waals surface area contributed by atoms with Gasteiger partial charge in [0.05, 0.1) is 11.4 Å². The van der Waals surface area contributed by atoms with Gasteiger partial charge in [-0.05, 0) is 24.3 Å². The lowest BCUT2D eigenvalue weighted by Gasteiger charge is -2.15. The van der Waals surface area contributed by atoms with Gasteiger partial charge in [0.15, 0.2) is 0 Å². The van der Waals surface area contributed by atoms with Crippen LogP contribution in [0.4, 0.5) is 14.5 Å². The molecule has 2 rings (SSSR count). The highest BCUT2D eigenvalue weighted by molar-refractivity contribution is 5.62. The molecular formula is C13H13F2N3. The van der Waals surface area contributed by atoms with Crippen molar-refractivity contribution in [1.82, 2.24) is 9.97 Å². The number of alkyl halides is 2. The van der Waals surface area contributed by atoms with Crippen LogP contribution in [0.3, 0.4) is 0 Å². The van der Waals surface area contributed by atoms with Crippen molar-refractivity contribution in [2.24, 2.45) is 0 Å². The fourth-order valence-corrected chi connectivity index (χ4v) is 1.67. The topological polar surface area (TPSA) is 37.8 Å². The molecule has 1 N–H and O–H groups in total. The Morgan fingerprint density at radius 2 is 2.00 bits per heavy atom. The molecule has 2 aromatic rings. The Labute approximate surface area is 104 Å². The lowest BCUT2D eigenvalue weighted by molar-refractivity contribution is 0.0137. The zero-order valence-corrected chi connectivity index (χ0v) is 10.1. The number of nitrogens with zero attached hydrogens (tertiary/aromatic N) is 2. The summed E-state index contributed by atoms with van der Waals surface area (Å²) < 4.78 is 27.0. The van der Waals surface area contributed by atoms with Crippen LogP contribution in [-0.4, -0.2) is 17.0 Å². The molecule has 2 aromatic heterocycles. The van der Waals surface area contributed by atoms with Crippen LogP contribution < -0.4 is 5.32 Å². The second kappa shape index (κ2) is 4.68. The van der Waals surface area contributed by atoms with Crippen molar-refractivity contribution in [3.63, 3.8) is 0 Å². The highest BCUT2D eigenvalue weighted by Gasteiger charge is 2.29. The largest absolute Gasteiger partial charge is 0.386 e. The van der Waals surface area contributed by atoms with E-state index in [4.69, 9.17) is 0 Å². The van der Waals surface area contributed by atoms with Crippen LogP contribution in [0.25, 0.3) is 11.3 Å². The van der Waals surface area contributed by atoms with E-state index in [1.165, 1.54) is 0 Å². The molecule has 0 bridgehead atoms. The number of pyridine rings is 2. The molecule has 0 aromatic carbocycles. The maximum absolute atomic E-state index is 13.5. The number of halogens is 2. The van der Waals surface area contributed by atoms with Crippen LogP contribution in [0.5, 0.6) is 0 Å². The van der Waals surface area contributed by atoms with Gasteiger partial charge in [-0.1, -0.05) is 0 Å². The summed E-state index contributed by atoms with van der Waals surface area (Å²) >= 11 is 0. The first-order chi connectivity index (χ1) is 8.52. The minimum absolute atomic E-state index is 0.258. The number of hydrogen-bond donors (Lipinski definition) is 1. The SMILES string of the molecule is CNc1ccc(-c2cccnc2)nc1C(C)(F)F. The van der Waals surface area contributed by atoms with E-state index < -0.39 is 5.92 Å². The maximum Gasteiger partial charge on any atom is 0.289 e. The van der Waals surface area contributed by atoms with E-state index in [2.05, 4.69) is 15.3 Å². The molecule has 0 unspecified atom stereocenters. The molecule has 2 heterocycles. The summed E-state index contributed by atoms with van der Waals surface area (Å²) in [6, 6.07) is 6.82. The molecule has 0 fully saturated rings. The van der Waals surface area contributed by atoms with E-state index in [1.807, 2.05) is 0 Å². The molecule has 18 heavy (non-hydrogen) atoms. The van der Waals surface area contributed by atoms with Gasteiger partial charge in [0.2, 0.25) is 0 Å². The number of rotatable bonds is 3. The summed E-state index contributed by atoms with van der Waals surface area (Å²) in [5, 5.41) is 2.72. The summed E-state index contributed by atoms with van der Waals surface area (Å²) in [6.07, 6.45) is 3.22. The molecule has 0 spiro atoms. The van der Waals surface area contributed by atoms with Crippen LogP contribution in [0.15, 0.2) is 36.7 Å². The minimum atomic E-state index is -2.99. The van der Waals surface area contributed by atoms with Crippen molar-refractivity contribution in [1.29, 1.82) is 0 Å². The second-order valence-corrected chi connectivity index (χ2v) is 3.97. The smallest absolute Gasteiger partial charge is 0.289 e. The molecule has 0 amide bonds. The Morgan fingerprint density at radius 3 is 2.56 bits per heavy atom. The summed E-state index contributed by atoms with van der Waals surface area (Å²) in [6.45, 7) is 0.837. The van der Waals surface area contributed by atoms with Crippen LogP contribution in [0.1, 0.15) is 12.6 Å². The average Bonchev–Trinajstić information content (AvgIpc) is 2.38. The molecule has 0 atom stereocenters. The molecule has 0 aliphatic carbocycles. The van der Waals surface area contributed by atoms with E-state index in [-0.39, 0.29) is 5.69 Å². The summed E-state index contributed by atoms with van der Waals surface area (Å²) in [5.74, 6) is -2.99. The van der Waals surface area contributed by atoms with E-state index in [0.717, 1.165) is 6.92 Å². The molecule has 0 saturated heterocycles. The molecular weight excluding hydrogens is 236 g/mol. The second-order valence-electron chi connectivity index (χ2n) is 3.97. The molecule has 0 saturated carbocycles. The molecule has 3 nitrogen and oxygen atoms in total. The minimum Gasteiger partial charge on any atom is -0.386 e. The first-order valence-electron chi connectivity index (χ1n) is 5.50. The Balaban J connectivity index is 2.53. The molecule has 0 aliphatic rings. The van der Waals surface area contributed by atoms with E-state index in [9.17, 15) is 8.78 Å². The normalized spacial score (nSPS) is 11.3. The lowest BCUT2D eigenvalue weighted by atomic mass is 10.1. The van der Waals surface area contributed by atoms with Gasteiger partial charge < -0.3 is 5.32 Å². The standard InChI is InChI=1S/C13H13F2N3/c1-13(14,15)12-11(16-2)6-5-10(18-12)9-4-3-7-17-8-9/h3-8,16H,1-2H3. The molecule has 5 heteroatoms. The van der Waals surface area contributed by atoms with E-state index >= 15 is 0 Å². The van der Waals surface area contributed by atoms with Crippen molar-refractivity contribution in [2.75, 3.05) is 12.4 Å². The first-order valence-corrected chi connectivity index (χ1v) is 5.50. The Morgan fingerprint density at radius 1 is 1.22 bits per heavy atom. The first kappa shape index (κ1) is 12.4.